The summed E-state index contributed by atoms with van der Waals surface area (Å²) in [7, 11) is 0. The Balaban J connectivity index is 0.000000523. The number of carboxylic acids is 2. The second-order valence-electron chi connectivity index (χ2n) is 6.02. The predicted molar refractivity (Wildman–Crippen MR) is 114 cm³/mol. The highest BCUT2D eigenvalue weighted by Gasteiger charge is 2.14. The topological polar surface area (TPSA) is 93.1 Å². The van der Waals surface area contributed by atoms with Gasteiger partial charge < -0.3 is 19.7 Å². The van der Waals surface area contributed by atoms with Gasteiger partial charge in [0.1, 0.15) is 11.5 Å². The Hall–Kier alpha value is -1.67. The van der Waals surface area contributed by atoms with Gasteiger partial charge in [0.15, 0.2) is 12.2 Å². The van der Waals surface area contributed by atoms with Crippen molar-refractivity contribution in [3.05, 3.63) is 57.6 Å². The van der Waals surface area contributed by atoms with Crippen molar-refractivity contribution < 1.29 is 29.3 Å². The SMILES string of the molecule is Cc1cc(Cl)ccc1OC(C)C(=O)O.Cc1cc(Cl)ccc1OC(C)C(=O)O.[Mg]. The molecule has 0 aromatic heterocycles. The Labute approximate surface area is 195 Å². The highest BCUT2D eigenvalue weighted by Crippen LogP contribution is 2.23. The average molecular weight is 454 g/mol. The minimum absolute atomic E-state index is 0. The van der Waals surface area contributed by atoms with E-state index in [0.717, 1.165) is 11.1 Å². The smallest absolute Gasteiger partial charge is 0.344 e. The van der Waals surface area contributed by atoms with Crippen molar-refractivity contribution in [3.63, 3.8) is 0 Å². The molecular weight excluding hydrogens is 431 g/mol. The summed E-state index contributed by atoms with van der Waals surface area (Å²) in [5, 5.41) is 18.5. The molecular formula is C20H22Cl2MgO6. The molecule has 0 amide bonds. The number of aryl methyl sites for hydroxylation is 2. The first-order valence-electron chi connectivity index (χ1n) is 8.32. The van der Waals surface area contributed by atoms with Gasteiger partial charge in [-0.3, -0.25) is 0 Å². The summed E-state index contributed by atoms with van der Waals surface area (Å²) in [4.78, 5) is 21.1. The number of rotatable bonds is 6. The van der Waals surface area contributed by atoms with Crippen LogP contribution in [0, 0.1) is 13.8 Å². The zero-order valence-corrected chi connectivity index (χ0v) is 19.5. The fourth-order valence-electron chi connectivity index (χ4n) is 1.97. The van der Waals surface area contributed by atoms with E-state index in [1.807, 2.05) is 13.8 Å². The maximum absolute atomic E-state index is 10.5. The monoisotopic (exact) mass is 452 g/mol. The summed E-state index contributed by atoms with van der Waals surface area (Å²) >= 11 is 11.5. The molecule has 9 heteroatoms. The van der Waals surface area contributed by atoms with Gasteiger partial charge in [-0.05, 0) is 75.2 Å². The molecule has 0 aliphatic carbocycles. The molecule has 0 saturated carbocycles. The van der Waals surface area contributed by atoms with Crippen LogP contribution in [-0.2, 0) is 9.59 Å². The van der Waals surface area contributed by atoms with Gasteiger partial charge in [0.25, 0.3) is 0 Å². The molecule has 0 aliphatic heterocycles. The highest BCUT2D eigenvalue weighted by molar-refractivity contribution is 6.31. The van der Waals surface area contributed by atoms with E-state index in [-0.39, 0.29) is 23.1 Å². The molecule has 0 heterocycles. The third kappa shape index (κ3) is 9.58. The number of carboxylic acid groups (broad SMARTS) is 2. The van der Waals surface area contributed by atoms with Crippen molar-refractivity contribution >= 4 is 58.2 Å². The second kappa shape index (κ2) is 12.8. The third-order valence-corrected chi connectivity index (χ3v) is 4.05. The van der Waals surface area contributed by atoms with Crippen LogP contribution in [-0.4, -0.2) is 57.4 Å². The summed E-state index contributed by atoms with van der Waals surface area (Å²) in [6.45, 7) is 6.60. The number of benzene rings is 2. The van der Waals surface area contributed by atoms with Crippen molar-refractivity contribution in [3.8, 4) is 11.5 Å². The number of halogens is 2. The van der Waals surface area contributed by atoms with E-state index in [4.69, 9.17) is 42.9 Å². The van der Waals surface area contributed by atoms with Crippen molar-refractivity contribution in [2.45, 2.75) is 39.9 Å². The Bertz CT molecular complexity index is 774. The zero-order chi connectivity index (χ0) is 21.4. The molecule has 6 nitrogen and oxygen atoms in total. The second-order valence-corrected chi connectivity index (χ2v) is 6.89. The van der Waals surface area contributed by atoms with Crippen molar-refractivity contribution in [1.29, 1.82) is 0 Å². The largest absolute Gasteiger partial charge is 0.479 e. The predicted octanol–water partition coefficient (Wildman–Crippen LogP) is 4.62. The minimum Gasteiger partial charge on any atom is -0.479 e. The first kappa shape index (κ1) is 27.3. The van der Waals surface area contributed by atoms with Crippen molar-refractivity contribution in [2.75, 3.05) is 0 Å². The van der Waals surface area contributed by atoms with Crippen LogP contribution in [0.3, 0.4) is 0 Å². The molecule has 2 radical (unpaired) electrons. The molecule has 0 fully saturated rings. The quantitative estimate of drug-likeness (QED) is 0.620. The summed E-state index contributed by atoms with van der Waals surface area (Å²) in [5.41, 5.74) is 1.65. The van der Waals surface area contributed by atoms with Gasteiger partial charge in [-0.2, -0.15) is 0 Å². The van der Waals surface area contributed by atoms with Gasteiger partial charge in [0.05, 0.1) is 0 Å². The van der Waals surface area contributed by atoms with E-state index < -0.39 is 24.1 Å². The molecule has 0 bridgehead atoms. The van der Waals surface area contributed by atoms with Crippen LogP contribution in [0.1, 0.15) is 25.0 Å². The summed E-state index contributed by atoms with van der Waals surface area (Å²) in [6, 6.07) is 10.1. The molecule has 154 valence electrons. The molecule has 2 atom stereocenters. The Kier molecular flexibility index (Phi) is 12.1. The van der Waals surface area contributed by atoms with Gasteiger partial charge in [-0.1, -0.05) is 23.2 Å². The first-order chi connectivity index (χ1) is 13.0. The number of aliphatic carboxylic acids is 2. The summed E-state index contributed by atoms with van der Waals surface area (Å²) < 4.78 is 10.4. The van der Waals surface area contributed by atoms with E-state index in [1.165, 1.54) is 13.8 Å². The Morgan fingerprint density at radius 2 is 1.10 bits per heavy atom. The lowest BCUT2D eigenvalue weighted by molar-refractivity contribution is -0.145. The van der Waals surface area contributed by atoms with Crippen LogP contribution in [0.4, 0.5) is 0 Å². The van der Waals surface area contributed by atoms with E-state index in [1.54, 1.807) is 36.4 Å². The molecule has 2 rings (SSSR count). The van der Waals surface area contributed by atoms with Crippen LogP contribution in [0.25, 0.3) is 0 Å². The molecule has 29 heavy (non-hydrogen) atoms. The Morgan fingerprint density at radius 1 is 0.793 bits per heavy atom. The van der Waals surface area contributed by atoms with Crippen LogP contribution in [0.15, 0.2) is 36.4 Å². The maximum atomic E-state index is 10.5. The molecule has 0 aliphatic rings. The van der Waals surface area contributed by atoms with Gasteiger partial charge in [-0.15, -0.1) is 0 Å². The van der Waals surface area contributed by atoms with E-state index in [9.17, 15) is 9.59 Å². The number of hydrogen-bond acceptors (Lipinski definition) is 4. The molecule has 0 saturated heterocycles. The number of hydrogen-bond donors (Lipinski definition) is 2. The van der Waals surface area contributed by atoms with Gasteiger partial charge >= 0.3 is 11.9 Å². The molecule has 2 aromatic rings. The number of ether oxygens (including phenoxy) is 2. The van der Waals surface area contributed by atoms with Crippen LogP contribution < -0.4 is 9.47 Å². The lowest BCUT2D eigenvalue weighted by Gasteiger charge is -2.12. The van der Waals surface area contributed by atoms with E-state index in [0.29, 0.717) is 21.5 Å². The first-order valence-corrected chi connectivity index (χ1v) is 9.08. The lowest BCUT2D eigenvalue weighted by Crippen LogP contribution is -2.23. The summed E-state index contributed by atoms with van der Waals surface area (Å²) in [6.07, 6.45) is -1.70. The third-order valence-electron chi connectivity index (χ3n) is 3.58. The fraction of sp³-hybridized carbons (Fsp3) is 0.300. The van der Waals surface area contributed by atoms with Crippen molar-refractivity contribution in [2.24, 2.45) is 0 Å². The van der Waals surface area contributed by atoms with E-state index >= 15 is 0 Å². The molecule has 2 aromatic carbocycles. The van der Waals surface area contributed by atoms with Crippen molar-refractivity contribution in [1.82, 2.24) is 0 Å². The maximum Gasteiger partial charge on any atom is 0.344 e. The fourth-order valence-corrected chi connectivity index (χ4v) is 2.43. The van der Waals surface area contributed by atoms with Crippen LogP contribution in [0.5, 0.6) is 11.5 Å². The van der Waals surface area contributed by atoms with Crippen LogP contribution in [0.2, 0.25) is 10.0 Å². The van der Waals surface area contributed by atoms with Gasteiger partial charge in [-0.25, -0.2) is 9.59 Å². The highest BCUT2D eigenvalue weighted by atomic mass is 35.5. The standard InChI is InChI=1S/2C10H11ClO3.Mg/c2*1-6-5-8(11)3-4-9(6)14-7(2)10(12)13;/h2*3-5,7H,1-2H3,(H,12,13);. The normalized spacial score (nSPS) is 11.8. The van der Waals surface area contributed by atoms with Gasteiger partial charge in [0, 0.05) is 33.1 Å². The average Bonchev–Trinajstić information content (AvgIpc) is 2.60. The minimum atomic E-state index is -0.987. The molecule has 2 unspecified atom stereocenters. The lowest BCUT2D eigenvalue weighted by atomic mass is 10.2. The Morgan fingerprint density at radius 3 is 1.34 bits per heavy atom. The summed E-state index contributed by atoms with van der Waals surface area (Å²) in [5.74, 6) is -0.882. The van der Waals surface area contributed by atoms with E-state index in [2.05, 4.69) is 0 Å². The van der Waals surface area contributed by atoms with Gasteiger partial charge in [0.2, 0.25) is 0 Å². The zero-order valence-electron chi connectivity index (χ0n) is 16.6. The molecule has 2 N–H and O–H groups in total. The van der Waals surface area contributed by atoms with Crippen LogP contribution >= 0.6 is 23.2 Å². The molecule has 0 spiro atoms. The number of carbonyl (C=O) groups is 2.